The number of halogens is 1. The lowest BCUT2D eigenvalue weighted by molar-refractivity contribution is 0.301. The highest BCUT2D eigenvalue weighted by Gasteiger charge is 2.08. The molecule has 0 bridgehead atoms. The maximum atomic E-state index is 13.3. The zero-order valence-electron chi connectivity index (χ0n) is 11.8. The zero-order valence-corrected chi connectivity index (χ0v) is 11.8. The lowest BCUT2D eigenvalue weighted by Crippen LogP contribution is -2.02. The number of nitrogens with zero attached hydrogens (tertiary/aromatic N) is 1. The molecule has 20 heavy (non-hydrogen) atoms. The van der Waals surface area contributed by atoms with E-state index < -0.39 is 0 Å². The number of hydrogen-bond donors (Lipinski definition) is 0. The second kappa shape index (κ2) is 5.75. The molecule has 0 N–H and O–H groups in total. The Kier molecular flexibility index (Phi) is 4.05. The van der Waals surface area contributed by atoms with Crippen molar-refractivity contribution in [1.82, 2.24) is 0 Å². The molecule has 102 valence electrons. The van der Waals surface area contributed by atoms with Crippen LogP contribution in [0.2, 0.25) is 0 Å². The Bertz CT molecular complexity index is 663. The number of ether oxygens (including phenoxy) is 1. The fourth-order valence-electron chi connectivity index (χ4n) is 2.34. The Balaban J connectivity index is 2.26. The summed E-state index contributed by atoms with van der Waals surface area (Å²) in [6.07, 6.45) is 0. The molecule has 0 aliphatic rings. The van der Waals surface area contributed by atoms with Gasteiger partial charge in [-0.2, -0.15) is 5.26 Å². The highest BCUT2D eigenvalue weighted by molar-refractivity contribution is 5.44. The molecule has 0 saturated carbocycles. The first kappa shape index (κ1) is 14.1. The second-order valence-electron chi connectivity index (χ2n) is 4.93. The summed E-state index contributed by atoms with van der Waals surface area (Å²) in [6.45, 7) is 6.17. The molecule has 0 aromatic heterocycles. The molecule has 0 aliphatic carbocycles. The fraction of sp³-hybridized carbons (Fsp3) is 0.235. The summed E-state index contributed by atoms with van der Waals surface area (Å²) < 4.78 is 19.0. The van der Waals surface area contributed by atoms with Crippen molar-refractivity contribution in [2.45, 2.75) is 27.4 Å². The van der Waals surface area contributed by atoms with Crippen molar-refractivity contribution in [3.8, 4) is 11.8 Å². The van der Waals surface area contributed by atoms with Gasteiger partial charge in [0.15, 0.2) is 0 Å². The van der Waals surface area contributed by atoms with Crippen LogP contribution >= 0.6 is 0 Å². The van der Waals surface area contributed by atoms with Gasteiger partial charge < -0.3 is 4.74 Å². The molecule has 2 aromatic carbocycles. The minimum absolute atomic E-state index is 0.186. The topological polar surface area (TPSA) is 33.0 Å². The lowest BCUT2D eigenvalue weighted by Gasteiger charge is -2.13. The monoisotopic (exact) mass is 269 g/mol. The van der Waals surface area contributed by atoms with Crippen LogP contribution in [0.4, 0.5) is 4.39 Å². The maximum Gasteiger partial charge on any atom is 0.125 e. The van der Waals surface area contributed by atoms with Gasteiger partial charge in [0.05, 0.1) is 11.6 Å². The number of hydrogen-bond acceptors (Lipinski definition) is 2. The highest BCUT2D eigenvalue weighted by atomic mass is 19.1. The number of aryl methyl sites for hydroxylation is 3. The van der Waals surface area contributed by atoms with Crippen LogP contribution in [0.15, 0.2) is 30.3 Å². The molecule has 0 radical (unpaired) electrons. The summed E-state index contributed by atoms with van der Waals surface area (Å²) in [6, 6.07) is 10.2. The first-order chi connectivity index (χ1) is 9.51. The van der Waals surface area contributed by atoms with Crippen molar-refractivity contribution < 1.29 is 9.13 Å². The van der Waals surface area contributed by atoms with E-state index in [4.69, 9.17) is 10.00 Å². The van der Waals surface area contributed by atoms with Gasteiger partial charge >= 0.3 is 0 Å². The third-order valence-corrected chi connectivity index (χ3v) is 3.16. The van der Waals surface area contributed by atoms with Crippen LogP contribution in [-0.4, -0.2) is 0 Å². The van der Waals surface area contributed by atoms with Gasteiger partial charge in [0.2, 0.25) is 0 Å². The SMILES string of the molecule is Cc1cc(C)c(OCc2cc(F)ccc2C#N)c(C)c1. The van der Waals surface area contributed by atoms with Gasteiger partial charge in [-0.25, -0.2) is 4.39 Å². The van der Waals surface area contributed by atoms with E-state index in [2.05, 4.69) is 6.07 Å². The van der Waals surface area contributed by atoms with Gasteiger partial charge in [-0.3, -0.25) is 0 Å². The predicted molar refractivity (Wildman–Crippen MR) is 76.1 cm³/mol. The Labute approximate surface area is 118 Å². The standard InChI is InChI=1S/C17H16FNO/c1-11-6-12(2)17(13(3)7-11)20-10-15-8-16(18)5-4-14(15)9-19/h4-8H,10H2,1-3H3. The fourth-order valence-corrected chi connectivity index (χ4v) is 2.34. The number of nitriles is 1. The minimum Gasteiger partial charge on any atom is -0.488 e. The van der Waals surface area contributed by atoms with Crippen molar-refractivity contribution in [1.29, 1.82) is 5.26 Å². The van der Waals surface area contributed by atoms with Crippen LogP contribution in [0, 0.1) is 37.9 Å². The largest absolute Gasteiger partial charge is 0.488 e. The second-order valence-corrected chi connectivity index (χ2v) is 4.93. The summed E-state index contributed by atoms with van der Waals surface area (Å²) >= 11 is 0. The average Bonchev–Trinajstić information content (AvgIpc) is 2.37. The van der Waals surface area contributed by atoms with Crippen molar-refractivity contribution in [2.24, 2.45) is 0 Å². The van der Waals surface area contributed by atoms with E-state index in [-0.39, 0.29) is 12.4 Å². The summed E-state index contributed by atoms with van der Waals surface area (Å²) in [7, 11) is 0. The normalized spacial score (nSPS) is 10.2. The molecule has 2 nitrogen and oxygen atoms in total. The number of benzene rings is 2. The van der Waals surface area contributed by atoms with E-state index in [1.54, 1.807) is 0 Å². The first-order valence-electron chi connectivity index (χ1n) is 6.40. The van der Waals surface area contributed by atoms with E-state index in [1.807, 2.05) is 32.9 Å². The Morgan fingerprint density at radius 2 is 1.75 bits per heavy atom. The van der Waals surface area contributed by atoms with Crippen LogP contribution in [0.5, 0.6) is 5.75 Å². The van der Waals surface area contributed by atoms with Crippen molar-refractivity contribution >= 4 is 0 Å². The third-order valence-electron chi connectivity index (χ3n) is 3.16. The molecule has 0 heterocycles. The van der Waals surface area contributed by atoms with Gasteiger partial charge in [0.25, 0.3) is 0 Å². The summed E-state index contributed by atoms with van der Waals surface area (Å²) in [4.78, 5) is 0. The van der Waals surface area contributed by atoms with Crippen LogP contribution in [-0.2, 0) is 6.61 Å². The molecule has 0 fully saturated rings. The van der Waals surface area contributed by atoms with E-state index in [0.29, 0.717) is 11.1 Å². The molecule has 2 aromatic rings. The van der Waals surface area contributed by atoms with Crippen LogP contribution in [0.25, 0.3) is 0 Å². The van der Waals surface area contributed by atoms with E-state index >= 15 is 0 Å². The number of rotatable bonds is 3. The summed E-state index contributed by atoms with van der Waals surface area (Å²) in [5.41, 5.74) is 4.26. The Hall–Kier alpha value is -2.34. The molecule has 2 rings (SSSR count). The van der Waals surface area contributed by atoms with Crippen molar-refractivity contribution in [2.75, 3.05) is 0 Å². The van der Waals surface area contributed by atoms with E-state index in [9.17, 15) is 4.39 Å². The molecular weight excluding hydrogens is 253 g/mol. The maximum absolute atomic E-state index is 13.3. The smallest absolute Gasteiger partial charge is 0.125 e. The van der Waals surface area contributed by atoms with Crippen molar-refractivity contribution in [3.63, 3.8) is 0 Å². The lowest BCUT2D eigenvalue weighted by atomic mass is 10.1. The third kappa shape index (κ3) is 2.97. The quantitative estimate of drug-likeness (QED) is 0.836. The molecular formula is C17H16FNO. The summed E-state index contributed by atoms with van der Waals surface area (Å²) in [5.74, 6) is 0.434. The van der Waals surface area contributed by atoms with Crippen LogP contribution in [0.1, 0.15) is 27.8 Å². The summed E-state index contributed by atoms with van der Waals surface area (Å²) in [5, 5.41) is 9.02. The van der Waals surface area contributed by atoms with Gasteiger partial charge in [-0.1, -0.05) is 17.7 Å². The van der Waals surface area contributed by atoms with Gasteiger partial charge in [-0.15, -0.1) is 0 Å². The van der Waals surface area contributed by atoms with E-state index in [0.717, 1.165) is 16.9 Å². The molecule has 0 aliphatic heterocycles. The first-order valence-corrected chi connectivity index (χ1v) is 6.40. The highest BCUT2D eigenvalue weighted by Crippen LogP contribution is 2.26. The minimum atomic E-state index is -0.361. The van der Waals surface area contributed by atoms with Crippen molar-refractivity contribution in [3.05, 3.63) is 64.0 Å². The van der Waals surface area contributed by atoms with Gasteiger partial charge in [-0.05, 0) is 50.1 Å². The molecule has 0 amide bonds. The predicted octanol–water partition coefficient (Wildman–Crippen LogP) is 4.20. The zero-order chi connectivity index (χ0) is 14.7. The Morgan fingerprint density at radius 3 is 2.35 bits per heavy atom. The average molecular weight is 269 g/mol. The molecule has 0 atom stereocenters. The van der Waals surface area contributed by atoms with Gasteiger partial charge in [0, 0.05) is 5.56 Å². The Morgan fingerprint density at radius 1 is 1.10 bits per heavy atom. The van der Waals surface area contributed by atoms with Gasteiger partial charge in [0.1, 0.15) is 18.2 Å². The molecule has 3 heteroatoms. The molecule has 0 saturated heterocycles. The van der Waals surface area contributed by atoms with E-state index in [1.165, 1.54) is 23.8 Å². The molecule has 0 spiro atoms. The molecule has 0 unspecified atom stereocenters. The van der Waals surface area contributed by atoms with Crippen LogP contribution in [0.3, 0.4) is 0 Å². The van der Waals surface area contributed by atoms with Crippen LogP contribution < -0.4 is 4.74 Å².